The van der Waals surface area contributed by atoms with Crippen LogP contribution in [0.25, 0.3) is 0 Å². The van der Waals surface area contributed by atoms with E-state index in [-0.39, 0.29) is 0 Å². The SMILES string of the molecule is CC(=O)O[C@@H]1[C@@H]2OC(C)(C)O[C@@H]2O[C@@H]1[C@H](O)CO. The van der Waals surface area contributed by atoms with E-state index in [9.17, 15) is 9.90 Å². The van der Waals surface area contributed by atoms with Crippen LogP contribution in [0.1, 0.15) is 20.8 Å². The molecule has 0 aromatic heterocycles. The first-order valence-corrected chi connectivity index (χ1v) is 5.81. The summed E-state index contributed by atoms with van der Waals surface area (Å²) in [5.41, 5.74) is 0. The average molecular weight is 262 g/mol. The highest BCUT2D eigenvalue weighted by molar-refractivity contribution is 5.66. The maximum atomic E-state index is 11.1. The summed E-state index contributed by atoms with van der Waals surface area (Å²) in [5.74, 6) is -1.34. The quantitative estimate of drug-likeness (QED) is 0.639. The van der Waals surface area contributed by atoms with Gasteiger partial charge in [-0.3, -0.25) is 4.79 Å². The molecule has 0 saturated carbocycles. The number of aliphatic hydroxyl groups is 2. The molecular weight excluding hydrogens is 244 g/mol. The molecule has 0 aliphatic carbocycles. The van der Waals surface area contributed by atoms with Gasteiger partial charge in [0.15, 0.2) is 24.3 Å². The fourth-order valence-electron chi connectivity index (χ4n) is 2.24. The van der Waals surface area contributed by atoms with Gasteiger partial charge in [-0.1, -0.05) is 0 Å². The second-order valence-electron chi connectivity index (χ2n) is 4.89. The van der Waals surface area contributed by atoms with Crippen molar-refractivity contribution >= 4 is 5.97 Å². The lowest BCUT2D eigenvalue weighted by molar-refractivity contribution is -0.230. The van der Waals surface area contributed by atoms with Crippen molar-refractivity contribution < 1.29 is 34.0 Å². The zero-order valence-electron chi connectivity index (χ0n) is 10.5. The number of esters is 1. The Kier molecular flexibility index (Phi) is 3.61. The molecule has 2 N–H and O–H groups in total. The molecule has 2 aliphatic rings. The number of hydrogen-bond acceptors (Lipinski definition) is 7. The smallest absolute Gasteiger partial charge is 0.303 e. The number of carbonyl (C=O) groups excluding carboxylic acids is 1. The van der Waals surface area contributed by atoms with Gasteiger partial charge < -0.3 is 29.2 Å². The summed E-state index contributed by atoms with van der Waals surface area (Å²) in [4.78, 5) is 11.1. The summed E-state index contributed by atoms with van der Waals surface area (Å²) in [5, 5.41) is 18.6. The van der Waals surface area contributed by atoms with E-state index in [0.29, 0.717) is 0 Å². The molecule has 2 rings (SSSR count). The maximum absolute atomic E-state index is 11.1. The molecule has 2 saturated heterocycles. The molecule has 7 heteroatoms. The normalized spacial score (nSPS) is 39.4. The van der Waals surface area contributed by atoms with Crippen LogP contribution in [0.4, 0.5) is 0 Å². The molecule has 2 aliphatic heterocycles. The van der Waals surface area contributed by atoms with Gasteiger partial charge in [-0.05, 0) is 13.8 Å². The topological polar surface area (TPSA) is 94.5 Å². The van der Waals surface area contributed by atoms with Crippen LogP contribution >= 0.6 is 0 Å². The van der Waals surface area contributed by atoms with Crippen molar-refractivity contribution in [2.45, 2.75) is 57.3 Å². The summed E-state index contributed by atoms with van der Waals surface area (Å²) < 4.78 is 21.6. The van der Waals surface area contributed by atoms with Crippen molar-refractivity contribution in [3.05, 3.63) is 0 Å². The van der Waals surface area contributed by atoms with Gasteiger partial charge in [0.25, 0.3) is 0 Å². The van der Waals surface area contributed by atoms with Gasteiger partial charge >= 0.3 is 5.97 Å². The molecule has 0 bridgehead atoms. The first-order valence-electron chi connectivity index (χ1n) is 5.81. The third kappa shape index (κ3) is 2.50. The highest BCUT2D eigenvalue weighted by atomic mass is 16.8. The number of carbonyl (C=O) groups is 1. The number of ether oxygens (including phenoxy) is 4. The van der Waals surface area contributed by atoms with Gasteiger partial charge in [0, 0.05) is 6.92 Å². The lowest BCUT2D eigenvalue weighted by Gasteiger charge is -2.27. The van der Waals surface area contributed by atoms with E-state index < -0.39 is 49.1 Å². The predicted molar refractivity (Wildman–Crippen MR) is 57.3 cm³/mol. The van der Waals surface area contributed by atoms with Crippen LogP contribution in [-0.2, 0) is 23.7 Å². The summed E-state index contributed by atoms with van der Waals surface area (Å²) in [7, 11) is 0. The van der Waals surface area contributed by atoms with Crippen molar-refractivity contribution in [2.24, 2.45) is 0 Å². The van der Waals surface area contributed by atoms with Crippen LogP contribution in [0.5, 0.6) is 0 Å². The highest BCUT2D eigenvalue weighted by Crippen LogP contribution is 2.39. The van der Waals surface area contributed by atoms with Crippen molar-refractivity contribution in [1.82, 2.24) is 0 Å². The summed E-state index contributed by atoms with van der Waals surface area (Å²) in [6.07, 6.45) is -4.12. The third-order valence-electron chi connectivity index (χ3n) is 2.90. The van der Waals surface area contributed by atoms with Crippen LogP contribution in [0.15, 0.2) is 0 Å². The van der Waals surface area contributed by atoms with Gasteiger partial charge in [0.1, 0.15) is 12.2 Å². The lowest BCUT2D eigenvalue weighted by Crippen LogP contribution is -2.44. The molecule has 18 heavy (non-hydrogen) atoms. The summed E-state index contributed by atoms with van der Waals surface area (Å²) in [6, 6.07) is 0. The maximum Gasteiger partial charge on any atom is 0.303 e. The number of hydrogen-bond donors (Lipinski definition) is 2. The fourth-order valence-corrected chi connectivity index (χ4v) is 2.24. The van der Waals surface area contributed by atoms with Crippen LogP contribution in [0.3, 0.4) is 0 Å². The first-order chi connectivity index (χ1) is 8.34. The minimum absolute atomic E-state index is 0.495. The molecule has 5 atom stereocenters. The average Bonchev–Trinajstić information content (AvgIpc) is 2.71. The van der Waals surface area contributed by atoms with Gasteiger partial charge in [0.2, 0.25) is 0 Å². The molecule has 0 aromatic carbocycles. The Balaban J connectivity index is 2.14. The zero-order chi connectivity index (χ0) is 13.5. The number of rotatable bonds is 3. The van der Waals surface area contributed by atoms with Gasteiger partial charge in [-0.15, -0.1) is 0 Å². The predicted octanol–water partition coefficient (Wildman–Crippen LogP) is -0.852. The number of fused-ring (bicyclic) bond motifs is 1. The summed E-state index contributed by atoms with van der Waals surface area (Å²) in [6.45, 7) is 4.20. The molecule has 0 radical (unpaired) electrons. The van der Waals surface area contributed by atoms with Gasteiger partial charge in [0.05, 0.1) is 6.61 Å². The standard InChI is InChI=1S/C11H18O7/c1-5(13)15-8-7(6(14)4-12)16-10-9(8)17-11(2,3)18-10/h6-10,12,14H,4H2,1-3H3/t6-,7-,8+,9+,10+/m1/s1. The van der Waals surface area contributed by atoms with Crippen molar-refractivity contribution in [2.75, 3.05) is 6.61 Å². The molecule has 2 heterocycles. The largest absolute Gasteiger partial charge is 0.457 e. The second-order valence-corrected chi connectivity index (χ2v) is 4.89. The van der Waals surface area contributed by atoms with Crippen LogP contribution in [-0.4, -0.2) is 59.3 Å². The Morgan fingerprint density at radius 1 is 1.44 bits per heavy atom. The highest BCUT2D eigenvalue weighted by Gasteiger charge is 2.57. The van der Waals surface area contributed by atoms with E-state index in [1.165, 1.54) is 6.92 Å². The van der Waals surface area contributed by atoms with Crippen molar-refractivity contribution in [3.8, 4) is 0 Å². The lowest BCUT2D eigenvalue weighted by atomic mass is 10.1. The van der Waals surface area contributed by atoms with Crippen LogP contribution < -0.4 is 0 Å². The monoisotopic (exact) mass is 262 g/mol. The Labute approximate surface area is 105 Å². The second kappa shape index (κ2) is 4.75. The first kappa shape index (κ1) is 13.7. The van der Waals surface area contributed by atoms with E-state index in [2.05, 4.69) is 0 Å². The van der Waals surface area contributed by atoms with Gasteiger partial charge in [-0.25, -0.2) is 0 Å². The van der Waals surface area contributed by atoms with Gasteiger partial charge in [-0.2, -0.15) is 0 Å². The van der Waals surface area contributed by atoms with E-state index in [1.807, 2.05) is 0 Å². The van der Waals surface area contributed by atoms with Crippen molar-refractivity contribution in [1.29, 1.82) is 0 Å². The molecular formula is C11H18O7. The Bertz CT molecular complexity index is 329. The zero-order valence-corrected chi connectivity index (χ0v) is 10.5. The Morgan fingerprint density at radius 2 is 2.11 bits per heavy atom. The Hall–Kier alpha value is -0.730. The van der Waals surface area contributed by atoms with E-state index in [1.54, 1.807) is 13.8 Å². The number of aliphatic hydroxyl groups excluding tert-OH is 2. The Morgan fingerprint density at radius 3 is 2.67 bits per heavy atom. The van der Waals surface area contributed by atoms with Crippen LogP contribution in [0, 0.1) is 0 Å². The van der Waals surface area contributed by atoms with Crippen LogP contribution in [0.2, 0.25) is 0 Å². The minimum Gasteiger partial charge on any atom is -0.457 e. The molecule has 0 amide bonds. The van der Waals surface area contributed by atoms with E-state index in [0.717, 1.165) is 0 Å². The van der Waals surface area contributed by atoms with E-state index >= 15 is 0 Å². The third-order valence-corrected chi connectivity index (χ3v) is 2.90. The van der Waals surface area contributed by atoms with E-state index in [4.69, 9.17) is 24.1 Å². The minimum atomic E-state index is -1.16. The molecule has 104 valence electrons. The van der Waals surface area contributed by atoms with Crippen molar-refractivity contribution in [3.63, 3.8) is 0 Å². The molecule has 0 unspecified atom stereocenters. The molecule has 7 nitrogen and oxygen atoms in total. The molecule has 0 spiro atoms. The molecule has 0 aromatic rings. The summed E-state index contributed by atoms with van der Waals surface area (Å²) >= 11 is 0. The fraction of sp³-hybridized carbons (Fsp3) is 0.909. The molecule has 2 fully saturated rings.